The third-order valence-corrected chi connectivity index (χ3v) is 2.62. The van der Waals surface area contributed by atoms with Crippen molar-refractivity contribution in [2.75, 3.05) is 24.2 Å². The Hall–Kier alpha value is -2.67. The van der Waals surface area contributed by atoms with E-state index in [1.807, 2.05) is 42.5 Å². The molecule has 96 valence electrons. The fourth-order valence-electron chi connectivity index (χ4n) is 1.66. The maximum absolute atomic E-state index is 8.78. The van der Waals surface area contributed by atoms with Crippen LogP contribution in [0.3, 0.4) is 0 Å². The minimum Gasteiger partial charge on any atom is -0.492 e. The first-order chi connectivity index (χ1) is 9.29. The second kappa shape index (κ2) is 6.31. The fourth-order valence-corrected chi connectivity index (χ4v) is 1.66. The number of nitrogen functional groups attached to an aromatic ring is 1. The Morgan fingerprint density at radius 2 is 1.95 bits per heavy atom. The molecule has 0 heterocycles. The number of benzene rings is 2. The van der Waals surface area contributed by atoms with Crippen molar-refractivity contribution < 1.29 is 4.74 Å². The van der Waals surface area contributed by atoms with Crippen LogP contribution in [0.15, 0.2) is 48.5 Å². The third kappa shape index (κ3) is 3.65. The molecule has 0 aliphatic heterocycles. The van der Waals surface area contributed by atoms with Gasteiger partial charge in [0.2, 0.25) is 0 Å². The van der Waals surface area contributed by atoms with Crippen LogP contribution in [0.4, 0.5) is 11.4 Å². The van der Waals surface area contributed by atoms with E-state index in [0.717, 1.165) is 11.4 Å². The topological polar surface area (TPSA) is 71.1 Å². The molecule has 4 nitrogen and oxygen atoms in total. The average Bonchev–Trinajstić information content (AvgIpc) is 2.45. The molecule has 0 saturated heterocycles. The second-order valence-electron chi connectivity index (χ2n) is 4.00. The van der Waals surface area contributed by atoms with Gasteiger partial charge in [-0.25, -0.2) is 0 Å². The number of nitrogens with zero attached hydrogens (tertiary/aromatic N) is 1. The molecule has 3 N–H and O–H groups in total. The van der Waals surface area contributed by atoms with Crippen molar-refractivity contribution in [2.24, 2.45) is 0 Å². The molecule has 0 amide bonds. The van der Waals surface area contributed by atoms with Crippen LogP contribution < -0.4 is 15.8 Å². The lowest BCUT2D eigenvalue weighted by atomic mass is 10.2. The van der Waals surface area contributed by atoms with Crippen LogP contribution in [-0.4, -0.2) is 13.2 Å². The van der Waals surface area contributed by atoms with Gasteiger partial charge in [0, 0.05) is 12.2 Å². The quantitative estimate of drug-likeness (QED) is 0.634. The first-order valence-electron chi connectivity index (χ1n) is 6.01. The van der Waals surface area contributed by atoms with Crippen LogP contribution in [0.25, 0.3) is 0 Å². The van der Waals surface area contributed by atoms with Crippen molar-refractivity contribution in [3.63, 3.8) is 0 Å². The summed E-state index contributed by atoms with van der Waals surface area (Å²) in [5.74, 6) is 0.851. The molecule has 0 fully saturated rings. The Morgan fingerprint density at radius 3 is 2.63 bits per heavy atom. The maximum Gasteiger partial charge on any atom is 0.119 e. The first kappa shape index (κ1) is 12.8. The molecule has 0 saturated carbocycles. The van der Waals surface area contributed by atoms with Gasteiger partial charge in [-0.1, -0.05) is 18.2 Å². The van der Waals surface area contributed by atoms with Crippen LogP contribution >= 0.6 is 0 Å². The van der Waals surface area contributed by atoms with Gasteiger partial charge in [-0.3, -0.25) is 0 Å². The van der Waals surface area contributed by atoms with Crippen molar-refractivity contribution >= 4 is 11.4 Å². The van der Waals surface area contributed by atoms with E-state index in [4.69, 9.17) is 15.7 Å². The molecular formula is C15H15N3O. The van der Waals surface area contributed by atoms with Crippen LogP contribution in [0.5, 0.6) is 5.75 Å². The molecular weight excluding hydrogens is 238 g/mol. The molecule has 2 aromatic carbocycles. The smallest absolute Gasteiger partial charge is 0.119 e. The Morgan fingerprint density at radius 1 is 1.16 bits per heavy atom. The van der Waals surface area contributed by atoms with E-state index in [-0.39, 0.29) is 0 Å². The first-order valence-corrected chi connectivity index (χ1v) is 6.01. The van der Waals surface area contributed by atoms with Crippen LogP contribution in [0, 0.1) is 11.3 Å². The highest BCUT2D eigenvalue weighted by Crippen LogP contribution is 2.16. The fraction of sp³-hybridized carbons (Fsp3) is 0.133. The maximum atomic E-state index is 8.78. The van der Waals surface area contributed by atoms with Gasteiger partial charge in [0.15, 0.2) is 0 Å². The molecule has 19 heavy (non-hydrogen) atoms. The minimum atomic E-state index is 0.483. The molecule has 4 heteroatoms. The zero-order valence-electron chi connectivity index (χ0n) is 10.5. The number of hydrogen-bond acceptors (Lipinski definition) is 4. The van der Waals surface area contributed by atoms with E-state index in [0.29, 0.717) is 24.4 Å². The van der Waals surface area contributed by atoms with Gasteiger partial charge < -0.3 is 15.8 Å². The number of rotatable bonds is 5. The van der Waals surface area contributed by atoms with Gasteiger partial charge in [0.05, 0.1) is 11.3 Å². The van der Waals surface area contributed by atoms with E-state index >= 15 is 0 Å². The molecule has 0 aliphatic carbocycles. The molecule has 2 aromatic rings. The molecule has 0 aliphatic rings. The number of nitrogens with one attached hydrogen (secondary N) is 1. The standard InChI is InChI=1S/C15H15N3O/c16-11-12-6-7-13(10-15(12)17)18-8-9-19-14-4-2-1-3-5-14/h1-7,10,18H,8-9,17H2. The van der Waals surface area contributed by atoms with Gasteiger partial charge in [0.25, 0.3) is 0 Å². The summed E-state index contributed by atoms with van der Waals surface area (Å²) in [5, 5.41) is 12.0. The SMILES string of the molecule is N#Cc1ccc(NCCOc2ccccc2)cc1N. The number of hydrogen-bond donors (Lipinski definition) is 2. The normalized spacial score (nSPS) is 9.63. The van der Waals surface area contributed by atoms with Crippen LogP contribution in [-0.2, 0) is 0 Å². The van der Waals surface area contributed by atoms with E-state index < -0.39 is 0 Å². The number of nitriles is 1. The van der Waals surface area contributed by atoms with Gasteiger partial charge in [-0.2, -0.15) is 5.26 Å². The second-order valence-corrected chi connectivity index (χ2v) is 4.00. The predicted octanol–water partition coefficient (Wildman–Crippen LogP) is 2.63. The molecule has 0 radical (unpaired) electrons. The number of para-hydroxylation sites is 1. The van der Waals surface area contributed by atoms with Crippen LogP contribution in [0.2, 0.25) is 0 Å². The number of ether oxygens (including phenoxy) is 1. The van der Waals surface area contributed by atoms with Crippen molar-refractivity contribution in [2.45, 2.75) is 0 Å². The van der Waals surface area contributed by atoms with E-state index in [2.05, 4.69) is 5.32 Å². The average molecular weight is 253 g/mol. The third-order valence-electron chi connectivity index (χ3n) is 2.62. The molecule has 0 bridgehead atoms. The summed E-state index contributed by atoms with van der Waals surface area (Å²) < 4.78 is 5.56. The van der Waals surface area contributed by atoms with E-state index in [1.54, 1.807) is 12.1 Å². The summed E-state index contributed by atoms with van der Waals surface area (Å²) in [6.45, 7) is 1.23. The number of anilines is 2. The summed E-state index contributed by atoms with van der Waals surface area (Å²) in [6.07, 6.45) is 0. The van der Waals surface area contributed by atoms with Gasteiger partial charge >= 0.3 is 0 Å². The number of nitrogens with two attached hydrogens (primary N) is 1. The van der Waals surface area contributed by atoms with Crippen LogP contribution in [0.1, 0.15) is 5.56 Å². The summed E-state index contributed by atoms with van der Waals surface area (Å²) >= 11 is 0. The monoisotopic (exact) mass is 253 g/mol. The van der Waals surface area contributed by atoms with E-state index in [1.165, 1.54) is 0 Å². The Labute approximate surface area is 112 Å². The van der Waals surface area contributed by atoms with Crippen molar-refractivity contribution in [1.82, 2.24) is 0 Å². The van der Waals surface area contributed by atoms with Crippen molar-refractivity contribution in [1.29, 1.82) is 5.26 Å². The molecule has 0 unspecified atom stereocenters. The highest BCUT2D eigenvalue weighted by molar-refractivity contribution is 5.62. The lowest BCUT2D eigenvalue weighted by Gasteiger charge is -2.09. The molecule has 0 atom stereocenters. The van der Waals surface area contributed by atoms with Crippen molar-refractivity contribution in [3.05, 3.63) is 54.1 Å². The summed E-state index contributed by atoms with van der Waals surface area (Å²) in [6, 6.07) is 17.0. The zero-order valence-corrected chi connectivity index (χ0v) is 10.5. The van der Waals surface area contributed by atoms with Crippen molar-refractivity contribution in [3.8, 4) is 11.8 Å². The van der Waals surface area contributed by atoms with E-state index in [9.17, 15) is 0 Å². The lowest BCUT2D eigenvalue weighted by molar-refractivity contribution is 0.333. The Kier molecular flexibility index (Phi) is 4.25. The highest BCUT2D eigenvalue weighted by atomic mass is 16.5. The molecule has 0 aromatic heterocycles. The zero-order chi connectivity index (χ0) is 13.5. The van der Waals surface area contributed by atoms with Gasteiger partial charge in [-0.15, -0.1) is 0 Å². The molecule has 0 spiro atoms. The summed E-state index contributed by atoms with van der Waals surface area (Å²) in [4.78, 5) is 0. The van der Waals surface area contributed by atoms with Gasteiger partial charge in [-0.05, 0) is 30.3 Å². The summed E-state index contributed by atoms with van der Waals surface area (Å²) in [5.41, 5.74) is 7.59. The van der Waals surface area contributed by atoms with Gasteiger partial charge in [0.1, 0.15) is 18.4 Å². The minimum absolute atomic E-state index is 0.483. The molecule has 2 rings (SSSR count). The largest absolute Gasteiger partial charge is 0.492 e. The Bertz CT molecular complexity index is 576. The lowest BCUT2D eigenvalue weighted by Crippen LogP contribution is -2.11. The predicted molar refractivity (Wildman–Crippen MR) is 76.0 cm³/mol. The summed E-state index contributed by atoms with van der Waals surface area (Å²) in [7, 11) is 0. The highest BCUT2D eigenvalue weighted by Gasteiger charge is 1.99. The Balaban J connectivity index is 1.80.